The van der Waals surface area contributed by atoms with Crippen molar-refractivity contribution in [3.63, 3.8) is 0 Å². The summed E-state index contributed by atoms with van der Waals surface area (Å²) in [6.45, 7) is 0.705. The second kappa shape index (κ2) is 8.31. The lowest BCUT2D eigenvalue weighted by Crippen LogP contribution is -2.32. The van der Waals surface area contributed by atoms with Gasteiger partial charge in [0.1, 0.15) is 0 Å². The van der Waals surface area contributed by atoms with Gasteiger partial charge in [-0.15, -0.1) is 0 Å². The monoisotopic (exact) mass is 388 g/mol. The lowest BCUT2D eigenvalue weighted by atomic mass is 10.1. The maximum Gasteiger partial charge on any atom is 0.227 e. The van der Waals surface area contributed by atoms with E-state index in [1.807, 2.05) is 12.1 Å². The van der Waals surface area contributed by atoms with Crippen molar-refractivity contribution >= 4 is 29.1 Å². The molecule has 1 saturated heterocycles. The molecule has 142 valence electrons. The minimum atomic E-state index is -0.398. The molecule has 0 radical (unpaired) electrons. The van der Waals surface area contributed by atoms with Crippen molar-refractivity contribution < 1.29 is 19.1 Å². The van der Waals surface area contributed by atoms with Crippen LogP contribution in [0.25, 0.3) is 0 Å². The van der Waals surface area contributed by atoms with Crippen LogP contribution in [0.3, 0.4) is 0 Å². The molecule has 1 heterocycles. The summed E-state index contributed by atoms with van der Waals surface area (Å²) in [5, 5.41) is 3.50. The summed E-state index contributed by atoms with van der Waals surface area (Å²) in [6.07, 6.45) is 0.176. The molecule has 3 rings (SSSR count). The number of anilines is 1. The molecule has 7 heteroatoms. The third-order valence-corrected chi connectivity index (χ3v) is 4.77. The molecule has 6 nitrogen and oxygen atoms in total. The molecule has 0 aliphatic carbocycles. The highest BCUT2D eigenvalue weighted by Crippen LogP contribution is 2.34. The van der Waals surface area contributed by atoms with E-state index in [0.717, 1.165) is 5.56 Å². The molecule has 0 spiro atoms. The SMILES string of the molecule is COc1ccc(N2CC(C(=O)NCc3cccc(Cl)c3)CC2=O)cc1OC. The Morgan fingerprint density at radius 3 is 2.67 bits per heavy atom. The van der Waals surface area contributed by atoms with Crippen molar-refractivity contribution in [2.24, 2.45) is 5.92 Å². The molecular weight excluding hydrogens is 368 g/mol. The van der Waals surface area contributed by atoms with Crippen LogP contribution in [-0.2, 0) is 16.1 Å². The van der Waals surface area contributed by atoms with Crippen molar-refractivity contribution in [2.75, 3.05) is 25.7 Å². The van der Waals surface area contributed by atoms with Crippen LogP contribution in [0.2, 0.25) is 5.02 Å². The zero-order valence-corrected chi connectivity index (χ0v) is 16.0. The van der Waals surface area contributed by atoms with Crippen LogP contribution in [-0.4, -0.2) is 32.6 Å². The average molecular weight is 389 g/mol. The van der Waals surface area contributed by atoms with Gasteiger partial charge < -0.3 is 19.7 Å². The smallest absolute Gasteiger partial charge is 0.227 e. The molecule has 1 unspecified atom stereocenters. The van der Waals surface area contributed by atoms with Gasteiger partial charge >= 0.3 is 0 Å². The van der Waals surface area contributed by atoms with E-state index < -0.39 is 5.92 Å². The largest absolute Gasteiger partial charge is 0.493 e. The zero-order valence-electron chi connectivity index (χ0n) is 15.2. The molecule has 2 aromatic rings. The number of nitrogens with one attached hydrogen (secondary N) is 1. The summed E-state index contributed by atoms with van der Waals surface area (Å²) in [6, 6.07) is 12.6. The lowest BCUT2D eigenvalue weighted by molar-refractivity contribution is -0.126. The van der Waals surface area contributed by atoms with Gasteiger partial charge in [-0.3, -0.25) is 9.59 Å². The number of benzene rings is 2. The van der Waals surface area contributed by atoms with Crippen LogP contribution < -0.4 is 19.7 Å². The molecule has 1 fully saturated rings. The number of amides is 2. The Hall–Kier alpha value is -2.73. The number of carbonyl (C=O) groups excluding carboxylic acids is 2. The predicted octanol–water partition coefficient (Wildman–Crippen LogP) is 3.03. The second-order valence-electron chi connectivity index (χ2n) is 6.29. The van der Waals surface area contributed by atoms with Crippen LogP contribution in [0.5, 0.6) is 11.5 Å². The van der Waals surface area contributed by atoms with Gasteiger partial charge in [0, 0.05) is 36.3 Å². The summed E-state index contributed by atoms with van der Waals surface area (Å²) in [4.78, 5) is 26.5. The average Bonchev–Trinajstić information content (AvgIpc) is 3.07. The molecule has 1 atom stereocenters. The second-order valence-corrected chi connectivity index (χ2v) is 6.73. The van der Waals surface area contributed by atoms with Gasteiger partial charge in [0.2, 0.25) is 11.8 Å². The Morgan fingerprint density at radius 1 is 1.19 bits per heavy atom. The Balaban J connectivity index is 1.65. The number of rotatable bonds is 6. The van der Waals surface area contributed by atoms with E-state index >= 15 is 0 Å². The normalized spacial score (nSPS) is 16.3. The number of methoxy groups -OCH3 is 2. The predicted molar refractivity (Wildman–Crippen MR) is 103 cm³/mol. The van der Waals surface area contributed by atoms with Gasteiger partial charge in [-0.25, -0.2) is 0 Å². The van der Waals surface area contributed by atoms with Crippen LogP contribution in [0, 0.1) is 5.92 Å². The summed E-state index contributed by atoms with van der Waals surface area (Å²) < 4.78 is 10.5. The Kier molecular flexibility index (Phi) is 5.86. The van der Waals surface area contributed by atoms with E-state index in [-0.39, 0.29) is 18.2 Å². The van der Waals surface area contributed by atoms with E-state index in [1.54, 1.807) is 49.5 Å². The fourth-order valence-electron chi connectivity index (χ4n) is 3.11. The highest BCUT2D eigenvalue weighted by atomic mass is 35.5. The fraction of sp³-hybridized carbons (Fsp3) is 0.300. The Bertz CT molecular complexity index is 856. The van der Waals surface area contributed by atoms with Gasteiger partial charge in [0.05, 0.1) is 20.1 Å². The first-order chi connectivity index (χ1) is 13.0. The quantitative estimate of drug-likeness (QED) is 0.826. The van der Waals surface area contributed by atoms with Crippen LogP contribution in [0.15, 0.2) is 42.5 Å². The van der Waals surface area contributed by atoms with E-state index in [4.69, 9.17) is 21.1 Å². The summed E-state index contributed by atoms with van der Waals surface area (Å²) in [5.74, 6) is 0.488. The first-order valence-corrected chi connectivity index (χ1v) is 8.94. The first kappa shape index (κ1) is 19.0. The van der Waals surface area contributed by atoms with Gasteiger partial charge in [-0.05, 0) is 29.8 Å². The van der Waals surface area contributed by atoms with E-state index in [1.165, 1.54) is 0 Å². The number of ether oxygens (including phenoxy) is 2. The summed E-state index contributed by atoms with van der Waals surface area (Å²) in [7, 11) is 3.10. The van der Waals surface area contributed by atoms with Gasteiger partial charge in [-0.1, -0.05) is 23.7 Å². The van der Waals surface area contributed by atoms with Crippen molar-refractivity contribution in [3.05, 3.63) is 53.1 Å². The van der Waals surface area contributed by atoms with E-state index in [0.29, 0.717) is 35.3 Å². The highest BCUT2D eigenvalue weighted by Gasteiger charge is 2.35. The molecule has 1 aliphatic rings. The van der Waals surface area contributed by atoms with Gasteiger partial charge in [0.15, 0.2) is 11.5 Å². The van der Waals surface area contributed by atoms with E-state index in [2.05, 4.69) is 5.32 Å². The van der Waals surface area contributed by atoms with Crippen molar-refractivity contribution in [1.82, 2.24) is 5.32 Å². The molecular formula is C20H21ClN2O4. The molecule has 0 saturated carbocycles. The molecule has 0 bridgehead atoms. The van der Waals surface area contributed by atoms with Gasteiger partial charge in [0.25, 0.3) is 0 Å². The minimum absolute atomic E-state index is 0.0925. The topological polar surface area (TPSA) is 67.9 Å². The molecule has 2 aromatic carbocycles. The Morgan fingerprint density at radius 2 is 1.96 bits per heavy atom. The number of hydrogen-bond acceptors (Lipinski definition) is 4. The molecule has 0 aromatic heterocycles. The van der Waals surface area contributed by atoms with Crippen molar-refractivity contribution in [2.45, 2.75) is 13.0 Å². The number of halogens is 1. The van der Waals surface area contributed by atoms with Crippen LogP contribution in [0.4, 0.5) is 5.69 Å². The van der Waals surface area contributed by atoms with Gasteiger partial charge in [-0.2, -0.15) is 0 Å². The third-order valence-electron chi connectivity index (χ3n) is 4.53. The summed E-state index contributed by atoms with van der Waals surface area (Å²) >= 11 is 5.96. The maximum absolute atomic E-state index is 12.5. The molecule has 2 amide bonds. The number of nitrogens with zero attached hydrogens (tertiary/aromatic N) is 1. The molecule has 27 heavy (non-hydrogen) atoms. The van der Waals surface area contributed by atoms with Crippen molar-refractivity contribution in [1.29, 1.82) is 0 Å². The highest BCUT2D eigenvalue weighted by molar-refractivity contribution is 6.30. The summed E-state index contributed by atoms with van der Waals surface area (Å²) in [5.41, 5.74) is 1.60. The van der Waals surface area contributed by atoms with Crippen LogP contribution >= 0.6 is 11.6 Å². The van der Waals surface area contributed by atoms with Crippen LogP contribution in [0.1, 0.15) is 12.0 Å². The lowest BCUT2D eigenvalue weighted by Gasteiger charge is -2.18. The fourth-order valence-corrected chi connectivity index (χ4v) is 3.32. The zero-order chi connectivity index (χ0) is 19.4. The Labute approximate surface area is 163 Å². The minimum Gasteiger partial charge on any atom is -0.493 e. The number of carbonyl (C=O) groups is 2. The maximum atomic E-state index is 12.5. The van der Waals surface area contributed by atoms with E-state index in [9.17, 15) is 9.59 Å². The number of hydrogen-bond donors (Lipinski definition) is 1. The molecule has 1 N–H and O–H groups in total. The van der Waals surface area contributed by atoms with Crippen molar-refractivity contribution in [3.8, 4) is 11.5 Å². The molecule has 1 aliphatic heterocycles. The third kappa shape index (κ3) is 4.34. The first-order valence-electron chi connectivity index (χ1n) is 8.56. The standard InChI is InChI=1S/C20H21ClN2O4/c1-26-17-7-6-16(10-18(17)27-2)23-12-14(9-19(23)24)20(25)22-11-13-4-3-5-15(21)8-13/h3-8,10,14H,9,11-12H2,1-2H3,(H,22,25).